The molecule has 0 spiro atoms. The van der Waals surface area contributed by atoms with E-state index in [9.17, 15) is 9.59 Å². The topological polar surface area (TPSA) is 97.1 Å². The van der Waals surface area contributed by atoms with E-state index in [1.54, 1.807) is 6.08 Å². The van der Waals surface area contributed by atoms with Gasteiger partial charge in [0.1, 0.15) is 5.82 Å². The molecule has 3 aliphatic rings. The maximum absolute atomic E-state index is 13.8. The molecule has 0 aliphatic heterocycles. The number of rotatable bonds is 7. The van der Waals surface area contributed by atoms with Crippen molar-refractivity contribution in [2.24, 2.45) is 13.0 Å². The number of carbonyl (C=O) groups excluding carboxylic acids is 1. The molecule has 2 fully saturated rings. The summed E-state index contributed by atoms with van der Waals surface area (Å²) in [5.74, 6) is 0.320. The highest BCUT2D eigenvalue weighted by Crippen LogP contribution is 2.47. The number of allylic oxidation sites excluding steroid dienone is 2. The largest absolute Gasteiger partial charge is 0.478 e. The molecular weight excluding hydrogens is 524 g/mol. The molecule has 2 aromatic carbocycles. The second-order valence-corrected chi connectivity index (χ2v) is 11.9. The summed E-state index contributed by atoms with van der Waals surface area (Å²) < 4.78 is 2.05. The Bertz CT molecular complexity index is 1770. The molecule has 7 rings (SSSR count). The Morgan fingerprint density at radius 2 is 1.88 bits per heavy atom. The molecule has 0 unspecified atom stereocenters. The average molecular weight is 559 g/mol. The number of aryl methyl sites for hydroxylation is 1. The van der Waals surface area contributed by atoms with Crippen molar-refractivity contribution in [2.75, 3.05) is 0 Å². The van der Waals surface area contributed by atoms with E-state index in [2.05, 4.69) is 34.1 Å². The van der Waals surface area contributed by atoms with Gasteiger partial charge < -0.3 is 15.0 Å². The Morgan fingerprint density at radius 1 is 1.05 bits per heavy atom. The molecule has 2 heterocycles. The molecule has 4 aromatic rings. The van der Waals surface area contributed by atoms with E-state index in [1.165, 1.54) is 48.0 Å². The van der Waals surface area contributed by atoms with Gasteiger partial charge >= 0.3 is 5.97 Å². The zero-order valence-electron chi connectivity index (χ0n) is 23.8. The van der Waals surface area contributed by atoms with Crippen LogP contribution >= 0.6 is 0 Å². The summed E-state index contributed by atoms with van der Waals surface area (Å²) in [6.45, 7) is 0. The molecule has 7 heteroatoms. The van der Waals surface area contributed by atoms with Crippen molar-refractivity contribution >= 4 is 40.1 Å². The quantitative estimate of drug-likeness (QED) is 0.251. The first-order valence-corrected chi connectivity index (χ1v) is 14.9. The number of nitrogens with zero attached hydrogens (tertiary/aromatic N) is 3. The Morgan fingerprint density at radius 3 is 2.60 bits per heavy atom. The van der Waals surface area contributed by atoms with Gasteiger partial charge in [0.15, 0.2) is 0 Å². The van der Waals surface area contributed by atoms with Crippen molar-refractivity contribution in [1.29, 1.82) is 0 Å². The summed E-state index contributed by atoms with van der Waals surface area (Å²) in [6, 6.07) is 18.1. The molecule has 0 saturated heterocycles. The highest BCUT2D eigenvalue weighted by molar-refractivity contribution is 6.00. The summed E-state index contributed by atoms with van der Waals surface area (Å²) in [6.07, 6.45) is 13.0. The maximum Gasteiger partial charge on any atom is 0.328 e. The number of nitrogens with one attached hydrogen (secondary N) is 1. The Kier molecular flexibility index (Phi) is 6.53. The lowest BCUT2D eigenvalue weighted by molar-refractivity contribution is -0.131. The van der Waals surface area contributed by atoms with E-state index in [4.69, 9.17) is 15.1 Å². The number of fused-ring (bicyclic) bond motifs is 2. The number of benzene rings is 2. The van der Waals surface area contributed by atoms with Crippen molar-refractivity contribution in [3.8, 4) is 0 Å². The van der Waals surface area contributed by atoms with Crippen LogP contribution in [0.15, 0.2) is 66.9 Å². The lowest BCUT2D eigenvalue weighted by Gasteiger charge is -2.41. The number of aromatic nitrogens is 3. The maximum atomic E-state index is 13.8. The molecular formula is C35H34N4O3. The van der Waals surface area contributed by atoms with Gasteiger partial charge in [0, 0.05) is 31.3 Å². The van der Waals surface area contributed by atoms with Crippen molar-refractivity contribution < 1.29 is 14.7 Å². The molecule has 7 nitrogen and oxygen atoms in total. The second kappa shape index (κ2) is 10.4. The van der Waals surface area contributed by atoms with Crippen molar-refractivity contribution in [1.82, 2.24) is 19.9 Å². The van der Waals surface area contributed by atoms with Gasteiger partial charge in [-0.1, -0.05) is 31.0 Å². The van der Waals surface area contributed by atoms with Gasteiger partial charge in [0.05, 0.1) is 22.3 Å². The van der Waals surface area contributed by atoms with Gasteiger partial charge in [0.2, 0.25) is 0 Å². The van der Waals surface area contributed by atoms with Crippen molar-refractivity contribution in [2.45, 2.75) is 56.9 Å². The minimum atomic E-state index is -0.988. The predicted octanol–water partition coefficient (Wildman–Crippen LogP) is 6.53. The molecule has 42 heavy (non-hydrogen) atoms. The van der Waals surface area contributed by atoms with Crippen LogP contribution in [0.25, 0.3) is 28.3 Å². The Labute approximate surface area is 245 Å². The van der Waals surface area contributed by atoms with Crippen LogP contribution in [0.5, 0.6) is 0 Å². The molecule has 2 saturated carbocycles. The van der Waals surface area contributed by atoms with Crippen LogP contribution < -0.4 is 5.32 Å². The first-order valence-electron chi connectivity index (χ1n) is 14.9. The van der Waals surface area contributed by atoms with E-state index in [0.29, 0.717) is 11.5 Å². The first kappa shape index (κ1) is 26.4. The number of imidazole rings is 1. The van der Waals surface area contributed by atoms with Crippen molar-refractivity contribution in [3.05, 3.63) is 101 Å². The van der Waals surface area contributed by atoms with Crippen LogP contribution in [0.2, 0.25) is 0 Å². The number of carbonyl (C=O) groups is 2. The van der Waals surface area contributed by atoms with Crippen LogP contribution in [0.1, 0.15) is 83.5 Å². The first-order chi connectivity index (χ1) is 20.4. The number of amides is 1. The van der Waals surface area contributed by atoms with E-state index < -0.39 is 11.5 Å². The fourth-order valence-electron chi connectivity index (χ4n) is 7.18. The highest BCUT2D eigenvalue weighted by atomic mass is 16.4. The van der Waals surface area contributed by atoms with E-state index in [0.717, 1.165) is 59.9 Å². The fourth-order valence-corrected chi connectivity index (χ4v) is 7.18. The monoisotopic (exact) mass is 558 g/mol. The Balaban J connectivity index is 1.18. The molecule has 212 valence electrons. The van der Waals surface area contributed by atoms with Crippen LogP contribution in [-0.4, -0.2) is 31.5 Å². The third kappa shape index (κ3) is 4.53. The van der Waals surface area contributed by atoms with Gasteiger partial charge in [0.25, 0.3) is 5.91 Å². The normalized spacial score (nSPS) is 18.0. The molecule has 0 radical (unpaired) electrons. The van der Waals surface area contributed by atoms with Gasteiger partial charge in [-0.05, 0) is 108 Å². The number of carboxylic acid groups (broad SMARTS) is 1. The zero-order chi connectivity index (χ0) is 28.8. The number of hydrogen-bond donors (Lipinski definition) is 2. The molecule has 0 bridgehead atoms. The minimum Gasteiger partial charge on any atom is -0.478 e. The molecule has 0 atom stereocenters. The SMILES string of the molecule is Cn1c(C2(NC(=O)c3ccc4c(c3)CC(c3ccccn3)=C4C3CCCC3)CCC2)nc2cc(/C=C/C(=O)O)ccc21. The van der Waals surface area contributed by atoms with E-state index >= 15 is 0 Å². The summed E-state index contributed by atoms with van der Waals surface area (Å²) in [7, 11) is 1.98. The number of hydrogen-bond acceptors (Lipinski definition) is 4. The highest BCUT2D eigenvalue weighted by Gasteiger charge is 2.44. The van der Waals surface area contributed by atoms with Crippen LogP contribution in [0, 0.1) is 5.92 Å². The zero-order valence-corrected chi connectivity index (χ0v) is 23.8. The van der Waals surface area contributed by atoms with Crippen LogP contribution in [0.3, 0.4) is 0 Å². The number of pyridine rings is 1. The predicted molar refractivity (Wildman–Crippen MR) is 164 cm³/mol. The smallest absolute Gasteiger partial charge is 0.328 e. The van der Waals surface area contributed by atoms with Crippen molar-refractivity contribution in [3.63, 3.8) is 0 Å². The minimum absolute atomic E-state index is 0.0802. The number of aliphatic carboxylic acids is 1. The Hall–Kier alpha value is -4.52. The van der Waals surface area contributed by atoms with Crippen LogP contribution in [-0.2, 0) is 23.8 Å². The molecule has 2 N–H and O–H groups in total. The molecule has 2 aromatic heterocycles. The summed E-state index contributed by atoms with van der Waals surface area (Å²) in [5.41, 5.74) is 8.91. The van der Waals surface area contributed by atoms with Crippen LogP contribution in [0.4, 0.5) is 0 Å². The average Bonchev–Trinajstić information content (AvgIpc) is 3.71. The van der Waals surface area contributed by atoms with Gasteiger partial charge in [-0.2, -0.15) is 0 Å². The third-order valence-corrected chi connectivity index (χ3v) is 9.40. The summed E-state index contributed by atoms with van der Waals surface area (Å²) in [4.78, 5) is 34.4. The molecule has 3 aliphatic carbocycles. The lowest BCUT2D eigenvalue weighted by Crippen LogP contribution is -2.52. The summed E-state index contributed by atoms with van der Waals surface area (Å²) in [5, 5.41) is 12.4. The van der Waals surface area contributed by atoms with E-state index in [1.807, 2.05) is 43.6 Å². The standard InChI is InChI=1S/C35H34N4O3/c1-39-30-14-10-22(11-15-31(40)41)19-29(30)37-34(39)35(16-6-17-35)38-33(42)24-12-13-26-25(20-24)21-27(28-9-4-5-18-36-28)32(26)23-7-2-3-8-23/h4-5,9-15,18-20,23H,2-3,6-8,16-17,21H2,1H3,(H,38,42)(H,40,41)/b15-11+. The van der Waals surface area contributed by atoms with E-state index in [-0.39, 0.29) is 5.91 Å². The summed E-state index contributed by atoms with van der Waals surface area (Å²) >= 11 is 0. The van der Waals surface area contributed by atoms with Gasteiger partial charge in [-0.15, -0.1) is 0 Å². The lowest BCUT2D eigenvalue weighted by atomic mass is 9.75. The third-order valence-electron chi connectivity index (χ3n) is 9.40. The van der Waals surface area contributed by atoms with Gasteiger partial charge in [-0.25, -0.2) is 9.78 Å². The molecule has 1 amide bonds. The number of carboxylic acids is 1. The van der Waals surface area contributed by atoms with Gasteiger partial charge in [-0.3, -0.25) is 9.78 Å². The fraction of sp³-hybridized carbons (Fsp3) is 0.314. The second-order valence-electron chi connectivity index (χ2n) is 11.9.